The molecule has 0 atom stereocenters. The lowest BCUT2D eigenvalue weighted by atomic mass is 10.1. The largest absolute Gasteiger partial charge is 0.346 e. The molecule has 1 aliphatic rings. The quantitative estimate of drug-likeness (QED) is 0.837. The van der Waals surface area contributed by atoms with Crippen LogP contribution in [0.2, 0.25) is 0 Å². The van der Waals surface area contributed by atoms with Gasteiger partial charge in [0.2, 0.25) is 5.69 Å². The molecule has 1 aliphatic heterocycles. The molecule has 1 fully saturated rings. The lowest BCUT2D eigenvalue weighted by Crippen LogP contribution is -2.21. The zero-order valence-corrected chi connectivity index (χ0v) is 10.3. The number of rotatable bonds is 3. The van der Waals surface area contributed by atoms with Gasteiger partial charge in [0, 0.05) is 24.3 Å². The zero-order valence-electron chi connectivity index (χ0n) is 10.3. The van der Waals surface area contributed by atoms with Crippen LogP contribution in [0, 0.1) is 6.57 Å². The van der Waals surface area contributed by atoms with Crippen molar-refractivity contribution in [1.29, 1.82) is 0 Å². The Morgan fingerprint density at radius 1 is 1.39 bits per heavy atom. The molecule has 0 bridgehead atoms. The molecular weight excluding hydrogens is 224 g/mol. The molecule has 0 amide bonds. The third kappa shape index (κ3) is 2.09. The predicted molar refractivity (Wildman–Crippen MR) is 71.7 cm³/mol. The summed E-state index contributed by atoms with van der Waals surface area (Å²) in [5.74, 6) is 0. The van der Waals surface area contributed by atoms with Gasteiger partial charge in [-0.05, 0) is 44.0 Å². The van der Waals surface area contributed by atoms with E-state index < -0.39 is 0 Å². The summed E-state index contributed by atoms with van der Waals surface area (Å²) < 4.78 is 0. The highest BCUT2D eigenvalue weighted by Crippen LogP contribution is 2.22. The number of pyridine rings is 1. The topological polar surface area (TPSA) is 36.3 Å². The second-order valence-corrected chi connectivity index (χ2v) is 4.81. The Labute approximate surface area is 106 Å². The molecule has 18 heavy (non-hydrogen) atoms. The highest BCUT2D eigenvalue weighted by atomic mass is 15.1. The average molecular weight is 240 g/mol. The van der Waals surface area contributed by atoms with E-state index >= 15 is 0 Å². The van der Waals surface area contributed by atoms with Crippen LogP contribution in [0.15, 0.2) is 18.5 Å². The Bertz CT molecular complexity index is 587. The van der Waals surface area contributed by atoms with E-state index in [-0.39, 0.29) is 0 Å². The highest BCUT2D eigenvalue weighted by Gasteiger charge is 2.12. The SMILES string of the molecule is [C-]#[N+]c1cnc2[nH]cc(CCN3CCCC3)c2c1. The first-order valence-corrected chi connectivity index (χ1v) is 6.42. The van der Waals surface area contributed by atoms with Crippen LogP contribution >= 0.6 is 0 Å². The van der Waals surface area contributed by atoms with Gasteiger partial charge in [-0.2, -0.15) is 0 Å². The number of hydrogen-bond donors (Lipinski definition) is 1. The smallest absolute Gasteiger partial charge is 0.205 e. The van der Waals surface area contributed by atoms with Crippen molar-refractivity contribution in [2.45, 2.75) is 19.3 Å². The van der Waals surface area contributed by atoms with Crippen LogP contribution in [0.4, 0.5) is 5.69 Å². The number of nitrogens with zero attached hydrogens (tertiary/aromatic N) is 3. The molecule has 0 saturated carbocycles. The van der Waals surface area contributed by atoms with Crippen molar-refractivity contribution in [2.75, 3.05) is 19.6 Å². The molecule has 4 nitrogen and oxygen atoms in total. The molecule has 0 unspecified atom stereocenters. The Hall–Kier alpha value is -1.86. The van der Waals surface area contributed by atoms with Crippen molar-refractivity contribution in [3.8, 4) is 0 Å². The van der Waals surface area contributed by atoms with E-state index in [1.807, 2.05) is 12.3 Å². The Morgan fingerprint density at radius 2 is 2.22 bits per heavy atom. The maximum atomic E-state index is 7.05. The lowest BCUT2D eigenvalue weighted by molar-refractivity contribution is 0.344. The molecule has 1 N–H and O–H groups in total. The van der Waals surface area contributed by atoms with Crippen LogP contribution in [0.25, 0.3) is 15.9 Å². The molecular formula is C14H16N4. The van der Waals surface area contributed by atoms with Crippen molar-refractivity contribution in [2.24, 2.45) is 0 Å². The van der Waals surface area contributed by atoms with E-state index in [0.29, 0.717) is 5.69 Å². The molecule has 0 aromatic carbocycles. The van der Waals surface area contributed by atoms with Crippen molar-refractivity contribution in [3.63, 3.8) is 0 Å². The van der Waals surface area contributed by atoms with E-state index in [4.69, 9.17) is 6.57 Å². The van der Waals surface area contributed by atoms with Crippen LogP contribution in [-0.4, -0.2) is 34.5 Å². The third-order valence-corrected chi connectivity index (χ3v) is 3.63. The minimum atomic E-state index is 0.615. The average Bonchev–Trinajstić information content (AvgIpc) is 3.05. The van der Waals surface area contributed by atoms with Crippen molar-refractivity contribution >= 4 is 16.7 Å². The maximum Gasteiger partial charge on any atom is 0.205 e. The predicted octanol–water partition coefficient (Wildman–Crippen LogP) is 2.75. The molecule has 3 rings (SSSR count). The van der Waals surface area contributed by atoms with Gasteiger partial charge in [0.25, 0.3) is 0 Å². The number of aromatic amines is 1. The summed E-state index contributed by atoms with van der Waals surface area (Å²) in [6, 6.07) is 1.94. The molecule has 3 heterocycles. The Morgan fingerprint density at radius 3 is 3.00 bits per heavy atom. The number of H-pyrrole nitrogens is 1. The van der Waals surface area contributed by atoms with Gasteiger partial charge < -0.3 is 9.88 Å². The van der Waals surface area contributed by atoms with Gasteiger partial charge in [-0.3, -0.25) is 4.98 Å². The van der Waals surface area contributed by atoms with Crippen LogP contribution in [-0.2, 0) is 6.42 Å². The fraction of sp³-hybridized carbons (Fsp3) is 0.429. The first-order valence-electron chi connectivity index (χ1n) is 6.42. The number of hydrogen-bond acceptors (Lipinski definition) is 2. The second-order valence-electron chi connectivity index (χ2n) is 4.81. The second kappa shape index (κ2) is 4.79. The third-order valence-electron chi connectivity index (χ3n) is 3.63. The number of nitrogens with one attached hydrogen (secondary N) is 1. The fourth-order valence-electron chi connectivity index (χ4n) is 2.60. The molecule has 0 radical (unpaired) electrons. The van der Waals surface area contributed by atoms with Gasteiger partial charge in [0.1, 0.15) is 5.65 Å². The van der Waals surface area contributed by atoms with Gasteiger partial charge in [0.05, 0.1) is 6.57 Å². The lowest BCUT2D eigenvalue weighted by Gasteiger charge is -2.13. The van der Waals surface area contributed by atoms with Crippen molar-refractivity contribution in [3.05, 3.63) is 35.4 Å². The molecule has 0 aliphatic carbocycles. The standard InChI is InChI=1S/C14H16N4/c1-15-12-8-13-11(9-16-14(13)17-10-12)4-7-18-5-2-3-6-18/h8-10H,2-7H2,(H,16,17). The summed E-state index contributed by atoms with van der Waals surface area (Å²) in [6.07, 6.45) is 7.34. The van der Waals surface area contributed by atoms with Gasteiger partial charge in [-0.15, -0.1) is 0 Å². The molecule has 92 valence electrons. The van der Waals surface area contributed by atoms with E-state index in [0.717, 1.165) is 24.0 Å². The number of fused-ring (bicyclic) bond motifs is 1. The molecule has 2 aromatic heterocycles. The Balaban J connectivity index is 1.80. The molecule has 0 spiro atoms. The fourth-order valence-corrected chi connectivity index (χ4v) is 2.60. The minimum absolute atomic E-state index is 0.615. The minimum Gasteiger partial charge on any atom is -0.346 e. The number of likely N-dealkylation sites (tertiary alicyclic amines) is 1. The Kier molecular flexibility index (Phi) is 2.99. The summed E-state index contributed by atoms with van der Waals surface area (Å²) in [6.45, 7) is 10.6. The normalized spacial score (nSPS) is 16.2. The molecule has 1 saturated heterocycles. The van der Waals surface area contributed by atoms with Crippen molar-refractivity contribution < 1.29 is 0 Å². The van der Waals surface area contributed by atoms with Crippen LogP contribution in [0.3, 0.4) is 0 Å². The van der Waals surface area contributed by atoms with E-state index in [1.165, 1.54) is 31.5 Å². The van der Waals surface area contributed by atoms with Gasteiger partial charge in [0.15, 0.2) is 0 Å². The molecule has 4 heteroatoms. The van der Waals surface area contributed by atoms with E-state index in [2.05, 4.69) is 19.7 Å². The van der Waals surface area contributed by atoms with Crippen LogP contribution in [0.5, 0.6) is 0 Å². The van der Waals surface area contributed by atoms with E-state index in [9.17, 15) is 0 Å². The van der Waals surface area contributed by atoms with Gasteiger partial charge in [-0.1, -0.05) is 0 Å². The summed E-state index contributed by atoms with van der Waals surface area (Å²) in [5.41, 5.74) is 2.78. The maximum absolute atomic E-state index is 7.05. The monoisotopic (exact) mass is 240 g/mol. The molecule has 2 aromatic rings. The van der Waals surface area contributed by atoms with Gasteiger partial charge >= 0.3 is 0 Å². The highest BCUT2D eigenvalue weighted by molar-refractivity contribution is 5.82. The van der Waals surface area contributed by atoms with E-state index in [1.54, 1.807) is 6.20 Å². The first-order chi connectivity index (χ1) is 8.86. The summed E-state index contributed by atoms with van der Waals surface area (Å²) in [4.78, 5) is 13.4. The summed E-state index contributed by atoms with van der Waals surface area (Å²) in [5, 5.41) is 1.10. The zero-order chi connectivity index (χ0) is 12.4. The van der Waals surface area contributed by atoms with Gasteiger partial charge in [-0.25, -0.2) is 4.85 Å². The van der Waals surface area contributed by atoms with Crippen LogP contribution in [0.1, 0.15) is 18.4 Å². The van der Waals surface area contributed by atoms with Crippen molar-refractivity contribution in [1.82, 2.24) is 14.9 Å². The first kappa shape index (κ1) is 11.2. The van der Waals surface area contributed by atoms with Crippen LogP contribution < -0.4 is 0 Å². The summed E-state index contributed by atoms with van der Waals surface area (Å²) >= 11 is 0. The number of aromatic nitrogens is 2. The summed E-state index contributed by atoms with van der Waals surface area (Å²) in [7, 11) is 0.